The molecule has 1 aromatic carbocycles. The Morgan fingerprint density at radius 3 is 2.94 bits per heavy atom. The summed E-state index contributed by atoms with van der Waals surface area (Å²) in [7, 11) is 0. The van der Waals surface area contributed by atoms with E-state index in [2.05, 4.69) is 34.6 Å². The summed E-state index contributed by atoms with van der Waals surface area (Å²) in [4.78, 5) is 4.35. The van der Waals surface area contributed by atoms with E-state index in [0.29, 0.717) is 0 Å². The van der Waals surface area contributed by atoms with Crippen molar-refractivity contribution >= 4 is 10.9 Å². The zero-order valence-electron chi connectivity index (χ0n) is 10.7. The van der Waals surface area contributed by atoms with Gasteiger partial charge in [-0.05, 0) is 49.1 Å². The molecule has 2 aromatic rings. The summed E-state index contributed by atoms with van der Waals surface area (Å²) in [5, 5.41) is 4.82. The van der Waals surface area contributed by atoms with E-state index in [4.69, 9.17) is 0 Å². The van der Waals surface area contributed by atoms with Crippen molar-refractivity contribution in [2.75, 3.05) is 6.54 Å². The largest absolute Gasteiger partial charge is 0.312 e. The zero-order valence-corrected chi connectivity index (χ0v) is 10.7. The summed E-state index contributed by atoms with van der Waals surface area (Å²) in [5.74, 6) is 0.909. The van der Waals surface area contributed by atoms with E-state index in [1.165, 1.54) is 43.2 Å². The molecule has 18 heavy (non-hydrogen) atoms. The predicted molar refractivity (Wildman–Crippen MR) is 75.4 cm³/mol. The van der Waals surface area contributed by atoms with Gasteiger partial charge in [0.25, 0.3) is 0 Å². The molecule has 1 aliphatic carbocycles. The number of hydrogen-bond donors (Lipinski definition) is 1. The molecular formula is C16H20N2. The van der Waals surface area contributed by atoms with Gasteiger partial charge in [-0.3, -0.25) is 4.98 Å². The van der Waals surface area contributed by atoms with Gasteiger partial charge in [0.15, 0.2) is 0 Å². The average molecular weight is 240 g/mol. The highest BCUT2D eigenvalue weighted by molar-refractivity contribution is 5.78. The van der Waals surface area contributed by atoms with Crippen LogP contribution in [0.1, 0.15) is 31.2 Å². The minimum absolute atomic E-state index is 0.909. The number of hydrogen-bond acceptors (Lipinski definition) is 2. The third-order valence-electron chi connectivity index (χ3n) is 3.90. The third-order valence-corrected chi connectivity index (χ3v) is 3.90. The number of benzene rings is 1. The second kappa shape index (κ2) is 5.49. The van der Waals surface area contributed by atoms with E-state index in [0.717, 1.165) is 18.0 Å². The van der Waals surface area contributed by atoms with Crippen molar-refractivity contribution in [2.24, 2.45) is 5.92 Å². The summed E-state index contributed by atoms with van der Waals surface area (Å²) < 4.78 is 0. The van der Waals surface area contributed by atoms with Crippen LogP contribution >= 0.6 is 0 Å². The van der Waals surface area contributed by atoms with Gasteiger partial charge in [0.1, 0.15) is 0 Å². The molecule has 0 bridgehead atoms. The van der Waals surface area contributed by atoms with Crippen molar-refractivity contribution < 1.29 is 0 Å². The summed E-state index contributed by atoms with van der Waals surface area (Å²) in [6.45, 7) is 2.15. The summed E-state index contributed by atoms with van der Waals surface area (Å²) in [6.07, 6.45) is 7.52. The second-order valence-corrected chi connectivity index (χ2v) is 5.31. The van der Waals surface area contributed by atoms with Crippen molar-refractivity contribution in [1.82, 2.24) is 10.3 Å². The molecule has 0 aliphatic heterocycles. The van der Waals surface area contributed by atoms with Crippen molar-refractivity contribution in [3.05, 3.63) is 42.1 Å². The Morgan fingerprint density at radius 1 is 1.17 bits per heavy atom. The van der Waals surface area contributed by atoms with Crippen LogP contribution in [0.4, 0.5) is 0 Å². The summed E-state index contributed by atoms with van der Waals surface area (Å²) in [6, 6.07) is 10.7. The Hall–Kier alpha value is -1.41. The highest BCUT2D eigenvalue weighted by Crippen LogP contribution is 2.23. The van der Waals surface area contributed by atoms with Crippen molar-refractivity contribution in [3.63, 3.8) is 0 Å². The van der Waals surface area contributed by atoms with E-state index in [1.807, 2.05) is 12.3 Å². The fraction of sp³-hybridized carbons (Fsp3) is 0.438. The van der Waals surface area contributed by atoms with Crippen LogP contribution in [0.3, 0.4) is 0 Å². The molecule has 0 saturated heterocycles. The molecule has 1 saturated carbocycles. The number of aromatic nitrogens is 1. The Labute approximate surface area is 108 Å². The van der Waals surface area contributed by atoms with Gasteiger partial charge in [0.05, 0.1) is 5.52 Å². The lowest BCUT2D eigenvalue weighted by molar-refractivity contribution is 0.489. The number of nitrogens with zero attached hydrogens (tertiary/aromatic N) is 1. The lowest BCUT2D eigenvalue weighted by Crippen LogP contribution is -2.20. The molecule has 2 nitrogen and oxygen atoms in total. The maximum Gasteiger partial charge on any atom is 0.0702 e. The number of pyridine rings is 1. The fourth-order valence-electron chi connectivity index (χ4n) is 2.87. The van der Waals surface area contributed by atoms with Gasteiger partial charge in [0, 0.05) is 18.1 Å². The third kappa shape index (κ3) is 2.70. The first-order valence-corrected chi connectivity index (χ1v) is 6.96. The second-order valence-electron chi connectivity index (χ2n) is 5.31. The monoisotopic (exact) mass is 240 g/mol. The quantitative estimate of drug-likeness (QED) is 0.884. The Bertz CT molecular complexity index is 515. The van der Waals surface area contributed by atoms with Gasteiger partial charge in [-0.15, -0.1) is 0 Å². The molecule has 0 amide bonds. The minimum Gasteiger partial charge on any atom is -0.312 e. The van der Waals surface area contributed by atoms with E-state index in [1.54, 1.807) is 0 Å². The maximum absolute atomic E-state index is 4.35. The van der Waals surface area contributed by atoms with Crippen LogP contribution in [-0.2, 0) is 6.54 Å². The predicted octanol–water partition coefficient (Wildman–Crippen LogP) is 3.51. The molecule has 1 N–H and O–H groups in total. The molecule has 3 rings (SSSR count). The van der Waals surface area contributed by atoms with Crippen LogP contribution in [-0.4, -0.2) is 11.5 Å². The lowest BCUT2D eigenvalue weighted by Gasteiger charge is -2.10. The molecule has 94 valence electrons. The zero-order chi connectivity index (χ0) is 12.2. The lowest BCUT2D eigenvalue weighted by atomic mass is 10.1. The molecular weight excluding hydrogens is 220 g/mol. The molecule has 1 fully saturated rings. The molecule has 1 aliphatic rings. The standard InChI is InChI=1S/C16H20N2/c1-2-5-13(4-1)11-17-12-14-7-8-16-15(10-14)6-3-9-18-16/h3,6-10,13,17H,1-2,4-5,11-12H2. The van der Waals surface area contributed by atoms with Gasteiger partial charge in [0.2, 0.25) is 0 Å². The SMILES string of the molecule is c1cnc2ccc(CNCC3CCCC3)cc2c1. The Morgan fingerprint density at radius 2 is 2.06 bits per heavy atom. The van der Waals surface area contributed by atoms with Crippen LogP contribution < -0.4 is 5.32 Å². The molecule has 0 radical (unpaired) electrons. The Balaban J connectivity index is 1.60. The maximum atomic E-state index is 4.35. The fourth-order valence-corrected chi connectivity index (χ4v) is 2.87. The van der Waals surface area contributed by atoms with E-state index in [-0.39, 0.29) is 0 Å². The average Bonchev–Trinajstić information content (AvgIpc) is 2.92. The first kappa shape index (κ1) is 11.7. The van der Waals surface area contributed by atoms with Crippen molar-refractivity contribution in [1.29, 1.82) is 0 Å². The van der Waals surface area contributed by atoms with E-state index < -0.39 is 0 Å². The van der Waals surface area contributed by atoms with Crippen molar-refractivity contribution in [3.8, 4) is 0 Å². The number of rotatable bonds is 4. The van der Waals surface area contributed by atoms with Gasteiger partial charge in [-0.1, -0.05) is 25.0 Å². The first-order valence-electron chi connectivity index (χ1n) is 6.96. The molecule has 2 heteroatoms. The summed E-state index contributed by atoms with van der Waals surface area (Å²) in [5.41, 5.74) is 2.44. The smallest absolute Gasteiger partial charge is 0.0702 e. The van der Waals surface area contributed by atoms with Crippen LogP contribution in [0, 0.1) is 5.92 Å². The molecule has 0 spiro atoms. The van der Waals surface area contributed by atoms with Crippen molar-refractivity contribution in [2.45, 2.75) is 32.2 Å². The number of nitrogens with one attached hydrogen (secondary N) is 1. The highest BCUT2D eigenvalue weighted by atomic mass is 14.9. The van der Waals surface area contributed by atoms with Gasteiger partial charge in [-0.25, -0.2) is 0 Å². The normalized spacial score (nSPS) is 16.4. The highest BCUT2D eigenvalue weighted by Gasteiger charge is 2.13. The molecule has 1 heterocycles. The molecule has 0 atom stereocenters. The number of fused-ring (bicyclic) bond motifs is 1. The summed E-state index contributed by atoms with van der Waals surface area (Å²) >= 11 is 0. The van der Waals surface area contributed by atoms with Crippen LogP contribution in [0.15, 0.2) is 36.5 Å². The van der Waals surface area contributed by atoms with Gasteiger partial charge in [-0.2, -0.15) is 0 Å². The van der Waals surface area contributed by atoms with E-state index in [9.17, 15) is 0 Å². The van der Waals surface area contributed by atoms with Gasteiger partial charge < -0.3 is 5.32 Å². The molecule has 1 aromatic heterocycles. The van der Waals surface area contributed by atoms with Crippen LogP contribution in [0.2, 0.25) is 0 Å². The topological polar surface area (TPSA) is 24.9 Å². The minimum atomic E-state index is 0.909. The van der Waals surface area contributed by atoms with Crippen LogP contribution in [0.25, 0.3) is 10.9 Å². The Kier molecular flexibility index (Phi) is 3.56. The first-order chi connectivity index (χ1) is 8.92. The van der Waals surface area contributed by atoms with E-state index >= 15 is 0 Å². The van der Waals surface area contributed by atoms with Gasteiger partial charge >= 0.3 is 0 Å². The molecule has 0 unspecified atom stereocenters. The van der Waals surface area contributed by atoms with Crippen LogP contribution in [0.5, 0.6) is 0 Å².